The third-order valence-corrected chi connectivity index (χ3v) is 3.52. The van der Waals surface area contributed by atoms with Crippen LogP contribution in [0.3, 0.4) is 0 Å². The molecule has 0 spiro atoms. The van der Waals surface area contributed by atoms with Gasteiger partial charge in [-0.3, -0.25) is 0 Å². The highest BCUT2D eigenvalue weighted by Gasteiger charge is 2.34. The van der Waals surface area contributed by atoms with Crippen molar-refractivity contribution < 1.29 is 0 Å². The zero-order chi connectivity index (χ0) is 9.71. The lowest BCUT2D eigenvalue weighted by atomic mass is 9.98. The molecule has 1 saturated heterocycles. The van der Waals surface area contributed by atoms with Gasteiger partial charge in [-0.2, -0.15) is 0 Å². The van der Waals surface area contributed by atoms with Crippen molar-refractivity contribution in [3.8, 4) is 0 Å². The molecule has 2 aliphatic rings. The second kappa shape index (κ2) is 2.64. The minimum absolute atomic E-state index is 0.659. The minimum atomic E-state index is 0.659. The van der Waals surface area contributed by atoms with Crippen LogP contribution in [0.2, 0.25) is 0 Å². The smallest absolute Gasteiger partial charge is 0.0550 e. The van der Waals surface area contributed by atoms with E-state index < -0.39 is 0 Å². The fourth-order valence-corrected chi connectivity index (χ4v) is 2.79. The first kappa shape index (κ1) is 8.12. The van der Waals surface area contributed by atoms with Crippen LogP contribution in [0.4, 0.5) is 11.4 Å². The van der Waals surface area contributed by atoms with Gasteiger partial charge in [0, 0.05) is 13.1 Å². The van der Waals surface area contributed by atoms with Gasteiger partial charge in [0.2, 0.25) is 0 Å². The van der Waals surface area contributed by atoms with Crippen LogP contribution in [0, 0.1) is 0 Å². The largest absolute Gasteiger partial charge is 0.397 e. The number of hydrogen-bond acceptors (Lipinski definition) is 3. The second-order valence-electron chi connectivity index (χ2n) is 4.40. The number of piperidine rings is 1. The van der Waals surface area contributed by atoms with Crippen LogP contribution >= 0.6 is 0 Å². The van der Waals surface area contributed by atoms with Crippen LogP contribution < -0.4 is 16.8 Å². The molecular weight excluding hydrogens is 174 g/mol. The predicted molar refractivity (Wildman–Crippen MR) is 58.2 cm³/mol. The van der Waals surface area contributed by atoms with E-state index in [1.807, 2.05) is 0 Å². The van der Waals surface area contributed by atoms with E-state index in [1.165, 1.54) is 17.5 Å². The standard InChI is InChI=1S/C11H15N3/c12-10-2-8-6-1-7(5-14-4-6)9(8)3-11(10)13/h2-3,6-7,14H,1,4-5,12-13H2/t6-,7-/m1/s1. The molecule has 5 N–H and O–H groups in total. The van der Waals surface area contributed by atoms with Crippen LogP contribution in [0.25, 0.3) is 0 Å². The number of rotatable bonds is 0. The zero-order valence-corrected chi connectivity index (χ0v) is 8.09. The molecule has 1 heterocycles. The predicted octanol–water partition coefficient (Wildman–Crippen LogP) is 1.03. The number of nitrogens with two attached hydrogens (primary N) is 2. The van der Waals surface area contributed by atoms with E-state index in [2.05, 4.69) is 17.4 Å². The number of nitrogen functional groups attached to an aromatic ring is 2. The third-order valence-electron chi connectivity index (χ3n) is 3.52. The van der Waals surface area contributed by atoms with E-state index in [0.717, 1.165) is 24.5 Å². The minimum Gasteiger partial charge on any atom is -0.397 e. The van der Waals surface area contributed by atoms with Gasteiger partial charge in [0.05, 0.1) is 11.4 Å². The van der Waals surface area contributed by atoms with Crippen molar-refractivity contribution in [2.24, 2.45) is 0 Å². The first-order valence-corrected chi connectivity index (χ1v) is 5.15. The van der Waals surface area contributed by atoms with Gasteiger partial charge in [-0.25, -0.2) is 0 Å². The first-order valence-electron chi connectivity index (χ1n) is 5.15. The maximum Gasteiger partial charge on any atom is 0.0550 e. The Labute approximate surface area is 83.5 Å². The quantitative estimate of drug-likeness (QED) is 0.534. The molecule has 1 fully saturated rings. The number of hydrogen-bond donors (Lipinski definition) is 3. The summed E-state index contributed by atoms with van der Waals surface area (Å²) < 4.78 is 0. The Morgan fingerprint density at radius 1 is 1.00 bits per heavy atom. The fraction of sp³-hybridized carbons (Fsp3) is 0.455. The van der Waals surface area contributed by atoms with E-state index >= 15 is 0 Å². The average molecular weight is 189 g/mol. The lowest BCUT2D eigenvalue weighted by molar-refractivity contribution is 0.454. The van der Waals surface area contributed by atoms with Crippen molar-refractivity contribution >= 4 is 11.4 Å². The molecule has 0 amide bonds. The highest BCUT2D eigenvalue weighted by Crippen LogP contribution is 2.45. The molecule has 2 bridgehead atoms. The Kier molecular flexibility index (Phi) is 1.53. The Balaban J connectivity index is 2.17. The number of benzene rings is 1. The van der Waals surface area contributed by atoms with Gasteiger partial charge in [0.15, 0.2) is 0 Å². The van der Waals surface area contributed by atoms with Gasteiger partial charge in [-0.15, -0.1) is 0 Å². The molecule has 1 aromatic rings. The summed E-state index contributed by atoms with van der Waals surface area (Å²) in [5, 5.41) is 3.45. The van der Waals surface area contributed by atoms with Crippen molar-refractivity contribution in [3.05, 3.63) is 23.3 Å². The average Bonchev–Trinajstić information content (AvgIpc) is 2.42. The molecule has 0 aromatic heterocycles. The third kappa shape index (κ3) is 0.960. The summed E-state index contributed by atoms with van der Waals surface area (Å²) in [6.07, 6.45) is 1.27. The highest BCUT2D eigenvalue weighted by atomic mass is 14.9. The van der Waals surface area contributed by atoms with Gasteiger partial charge in [0.1, 0.15) is 0 Å². The number of nitrogens with one attached hydrogen (secondary N) is 1. The van der Waals surface area contributed by atoms with Gasteiger partial charge in [-0.1, -0.05) is 0 Å². The van der Waals surface area contributed by atoms with Crippen LogP contribution in [-0.2, 0) is 0 Å². The van der Waals surface area contributed by atoms with E-state index in [9.17, 15) is 0 Å². The molecule has 3 rings (SSSR count). The SMILES string of the molecule is Nc1cc2c(cc1N)[C@H]1CNC[C@H]2C1. The lowest BCUT2D eigenvalue weighted by Crippen LogP contribution is -2.28. The number of fused-ring (bicyclic) bond motifs is 5. The van der Waals surface area contributed by atoms with Crippen molar-refractivity contribution in [1.82, 2.24) is 5.32 Å². The Morgan fingerprint density at radius 3 is 2.00 bits per heavy atom. The summed E-state index contributed by atoms with van der Waals surface area (Å²) in [7, 11) is 0. The molecule has 14 heavy (non-hydrogen) atoms. The van der Waals surface area contributed by atoms with Crippen molar-refractivity contribution in [3.63, 3.8) is 0 Å². The molecule has 0 saturated carbocycles. The van der Waals surface area contributed by atoms with Crippen LogP contribution in [0.15, 0.2) is 12.1 Å². The molecule has 0 unspecified atom stereocenters. The van der Waals surface area contributed by atoms with Crippen molar-refractivity contribution in [2.75, 3.05) is 24.6 Å². The monoisotopic (exact) mass is 189 g/mol. The Hall–Kier alpha value is -1.22. The molecule has 1 aliphatic carbocycles. The normalized spacial score (nSPS) is 28.9. The summed E-state index contributed by atoms with van der Waals surface area (Å²) in [6, 6.07) is 4.14. The fourth-order valence-electron chi connectivity index (χ4n) is 2.79. The van der Waals surface area contributed by atoms with E-state index in [4.69, 9.17) is 11.5 Å². The second-order valence-corrected chi connectivity index (χ2v) is 4.40. The van der Waals surface area contributed by atoms with Crippen LogP contribution in [-0.4, -0.2) is 13.1 Å². The summed E-state index contributed by atoms with van der Waals surface area (Å²) >= 11 is 0. The van der Waals surface area contributed by atoms with Crippen LogP contribution in [0.1, 0.15) is 29.4 Å². The number of anilines is 2. The highest BCUT2D eigenvalue weighted by molar-refractivity contribution is 5.68. The van der Waals surface area contributed by atoms with Crippen molar-refractivity contribution in [2.45, 2.75) is 18.3 Å². The van der Waals surface area contributed by atoms with Gasteiger partial charge in [0.25, 0.3) is 0 Å². The Morgan fingerprint density at radius 2 is 1.50 bits per heavy atom. The molecule has 0 radical (unpaired) electrons. The maximum absolute atomic E-state index is 5.83. The van der Waals surface area contributed by atoms with E-state index in [-0.39, 0.29) is 0 Å². The molecule has 3 nitrogen and oxygen atoms in total. The lowest BCUT2D eigenvalue weighted by Gasteiger charge is -2.19. The van der Waals surface area contributed by atoms with Gasteiger partial charge >= 0.3 is 0 Å². The van der Waals surface area contributed by atoms with E-state index in [0.29, 0.717) is 11.8 Å². The molecule has 2 atom stereocenters. The molecule has 1 aromatic carbocycles. The van der Waals surface area contributed by atoms with Gasteiger partial charge < -0.3 is 16.8 Å². The molecule has 74 valence electrons. The maximum atomic E-state index is 5.83. The zero-order valence-electron chi connectivity index (χ0n) is 8.09. The van der Waals surface area contributed by atoms with Gasteiger partial charge in [-0.05, 0) is 41.5 Å². The van der Waals surface area contributed by atoms with Crippen LogP contribution in [0.5, 0.6) is 0 Å². The van der Waals surface area contributed by atoms with E-state index in [1.54, 1.807) is 0 Å². The molecular formula is C11H15N3. The molecule has 3 heteroatoms. The summed E-state index contributed by atoms with van der Waals surface area (Å²) in [6.45, 7) is 2.18. The molecule has 1 aliphatic heterocycles. The summed E-state index contributed by atoms with van der Waals surface area (Å²) in [4.78, 5) is 0. The Bertz CT molecular complexity index is 351. The van der Waals surface area contributed by atoms with Crippen molar-refractivity contribution in [1.29, 1.82) is 0 Å². The summed E-state index contributed by atoms with van der Waals surface area (Å²) in [5.74, 6) is 1.32. The summed E-state index contributed by atoms with van der Waals surface area (Å²) in [5.41, 5.74) is 16.0. The topological polar surface area (TPSA) is 64.1 Å². The first-order chi connectivity index (χ1) is 6.75.